The van der Waals surface area contributed by atoms with Gasteiger partial charge in [0.05, 0.1) is 0 Å². The molecule has 2 aliphatic rings. The molecule has 1 saturated carbocycles. The van der Waals surface area contributed by atoms with E-state index < -0.39 is 0 Å². The molecule has 2 rings (SSSR count). The molecule has 1 aliphatic heterocycles. The molecular formula is C11H21NO. The third-order valence-electron chi connectivity index (χ3n) is 3.52. The summed E-state index contributed by atoms with van der Waals surface area (Å²) in [6.45, 7) is 1.92. The summed E-state index contributed by atoms with van der Waals surface area (Å²) in [6, 6.07) is 0.442. The molecule has 2 nitrogen and oxygen atoms in total. The molecule has 0 bridgehead atoms. The van der Waals surface area contributed by atoms with Gasteiger partial charge in [0.25, 0.3) is 0 Å². The summed E-state index contributed by atoms with van der Waals surface area (Å²) in [4.78, 5) is 0. The summed E-state index contributed by atoms with van der Waals surface area (Å²) in [5.74, 6) is 1.72. The normalized spacial score (nSPS) is 31.6. The van der Waals surface area contributed by atoms with Crippen molar-refractivity contribution >= 4 is 0 Å². The maximum atomic E-state index is 6.11. The molecule has 1 aliphatic carbocycles. The van der Waals surface area contributed by atoms with Crippen LogP contribution in [-0.4, -0.2) is 19.3 Å². The van der Waals surface area contributed by atoms with E-state index in [4.69, 9.17) is 10.5 Å². The highest BCUT2D eigenvalue weighted by Crippen LogP contribution is 2.31. The average Bonchev–Trinajstić information content (AvgIpc) is 2.49. The van der Waals surface area contributed by atoms with Gasteiger partial charge in [-0.25, -0.2) is 0 Å². The zero-order chi connectivity index (χ0) is 9.10. The van der Waals surface area contributed by atoms with Crippen LogP contribution in [0.5, 0.6) is 0 Å². The van der Waals surface area contributed by atoms with Crippen LogP contribution in [0.25, 0.3) is 0 Å². The van der Waals surface area contributed by atoms with Crippen molar-refractivity contribution in [1.82, 2.24) is 0 Å². The van der Waals surface area contributed by atoms with Crippen molar-refractivity contribution in [3.05, 3.63) is 0 Å². The minimum atomic E-state index is 0.442. The lowest BCUT2D eigenvalue weighted by molar-refractivity contribution is 0.179. The van der Waals surface area contributed by atoms with Crippen molar-refractivity contribution in [1.29, 1.82) is 0 Å². The summed E-state index contributed by atoms with van der Waals surface area (Å²) in [6.07, 6.45) is 7.97. The molecule has 0 spiro atoms. The summed E-state index contributed by atoms with van der Waals surface area (Å²) in [5.41, 5.74) is 6.11. The molecular weight excluding hydrogens is 162 g/mol. The van der Waals surface area contributed by atoms with Gasteiger partial charge < -0.3 is 10.5 Å². The van der Waals surface area contributed by atoms with Gasteiger partial charge in [-0.05, 0) is 31.1 Å². The number of ether oxygens (including phenoxy) is 1. The quantitative estimate of drug-likeness (QED) is 0.723. The Morgan fingerprint density at radius 1 is 1.15 bits per heavy atom. The Morgan fingerprint density at radius 3 is 2.46 bits per heavy atom. The number of rotatable bonds is 4. The van der Waals surface area contributed by atoms with E-state index in [-0.39, 0.29) is 0 Å². The third-order valence-corrected chi connectivity index (χ3v) is 3.52. The molecule has 2 unspecified atom stereocenters. The SMILES string of the molecule is NC(CC1CCC1)CC1CCOC1. The van der Waals surface area contributed by atoms with Crippen molar-refractivity contribution in [3.63, 3.8) is 0 Å². The average molecular weight is 183 g/mol. The van der Waals surface area contributed by atoms with Crippen molar-refractivity contribution in [3.8, 4) is 0 Å². The molecule has 0 radical (unpaired) electrons. The van der Waals surface area contributed by atoms with Gasteiger partial charge in [-0.2, -0.15) is 0 Å². The van der Waals surface area contributed by atoms with Crippen LogP contribution in [-0.2, 0) is 4.74 Å². The molecule has 2 fully saturated rings. The summed E-state index contributed by atoms with van der Waals surface area (Å²) in [5, 5.41) is 0. The number of hydrogen-bond acceptors (Lipinski definition) is 2. The van der Waals surface area contributed by atoms with E-state index in [1.165, 1.54) is 38.5 Å². The molecule has 13 heavy (non-hydrogen) atoms. The fourth-order valence-electron chi connectivity index (χ4n) is 2.45. The number of nitrogens with two attached hydrogens (primary N) is 1. The van der Waals surface area contributed by atoms with Gasteiger partial charge in [0.2, 0.25) is 0 Å². The minimum Gasteiger partial charge on any atom is -0.381 e. The second kappa shape index (κ2) is 4.43. The standard InChI is InChI=1S/C11H21NO/c12-11(6-9-2-1-3-9)7-10-4-5-13-8-10/h9-11H,1-8,12H2. The van der Waals surface area contributed by atoms with Crippen LogP contribution in [0.1, 0.15) is 38.5 Å². The Labute approximate surface area is 80.8 Å². The highest BCUT2D eigenvalue weighted by molar-refractivity contribution is 4.78. The molecule has 2 N–H and O–H groups in total. The highest BCUT2D eigenvalue weighted by atomic mass is 16.5. The van der Waals surface area contributed by atoms with Gasteiger partial charge in [-0.15, -0.1) is 0 Å². The molecule has 2 heteroatoms. The predicted octanol–water partition coefficient (Wildman–Crippen LogP) is 1.93. The monoisotopic (exact) mass is 183 g/mol. The van der Waals surface area contributed by atoms with E-state index in [0.29, 0.717) is 6.04 Å². The maximum absolute atomic E-state index is 6.11. The first-order chi connectivity index (χ1) is 6.34. The molecule has 0 aromatic rings. The van der Waals surface area contributed by atoms with Crippen LogP contribution >= 0.6 is 0 Å². The van der Waals surface area contributed by atoms with Crippen LogP contribution in [0.4, 0.5) is 0 Å². The zero-order valence-electron chi connectivity index (χ0n) is 8.37. The lowest BCUT2D eigenvalue weighted by Gasteiger charge is -2.28. The van der Waals surface area contributed by atoms with E-state index in [1.54, 1.807) is 0 Å². The molecule has 0 aromatic carbocycles. The first-order valence-corrected chi connectivity index (χ1v) is 5.68. The molecule has 2 atom stereocenters. The van der Waals surface area contributed by atoms with Crippen LogP contribution in [0.3, 0.4) is 0 Å². The van der Waals surface area contributed by atoms with Crippen LogP contribution in [0.2, 0.25) is 0 Å². The van der Waals surface area contributed by atoms with Gasteiger partial charge in [0.1, 0.15) is 0 Å². The van der Waals surface area contributed by atoms with Gasteiger partial charge in [-0.1, -0.05) is 19.3 Å². The molecule has 1 saturated heterocycles. The van der Waals surface area contributed by atoms with E-state index >= 15 is 0 Å². The molecule has 76 valence electrons. The second-order valence-corrected chi connectivity index (χ2v) is 4.76. The minimum absolute atomic E-state index is 0.442. The van der Waals surface area contributed by atoms with Crippen LogP contribution in [0, 0.1) is 11.8 Å². The Balaban J connectivity index is 1.61. The molecule has 1 heterocycles. The smallest absolute Gasteiger partial charge is 0.0495 e. The topological polar surface area (TPSA) is 35.2 Å². The van der Waals surface area contributed by atoms with E-state index in [9.17, 15) is 0 Å². The largest absolute Gasteiger partial charge is 0.381 e. The van der Waals surface area contributed by atoms with Gasteiger partial charge in [-0.3, -0.25) is 0 Å². The summed E-state index contributed by atoms with van der Waals surface area (Å²) in [7, 11) is 0. The lowest BCUT2D eigenvalue weighted by Crippen LogP contribution is -2.29. The Hall–Kier alpha value is -0.0800. The van der Waals surface area contributed by atoms with Crippen LogP contribution in [0.15, 0.2) is 0 Å². The van der Waals surface area contributed by atoms with Gasteiger partial charge >= 0.3 is 0 Å². The first-order valence-electron chi connectivity index (χ1n) is 5.68. The lowest BCUT2D eigenvalue weighted by atomic mass is 9.79. The zero-order valence-corrected chi connectivity index (χ0v) is 8.37. The fraction of sp³-hybridized carbons (Fsp3) is 1.00. The first kappa shape index (κ1) is 9.47. The summed E-state index contributed by atoms with van der Waals surface area (Å²) >= 11 is 0. The van der Waals surface area contributed by atoms with Crippen molar-refractivity contribution in [2.75, 3.05) is 13.2 Å². The maximum Gasteiger partial charge on any atom is 0.0495 e. The van der Waals surface area contributed by atoms with Crippen molar-refractivity contribution in [2.24, 2.45) is 17.6 Å². The van der Waals surface area contributed by atoms with Gasteiger partial charge in [0.15, 0.2) is 0 Å². The molecule has 0 aromatic heterocycles. The fourth-order valence-corrected chi connectivity index (χ4v) is 2.45. The Kier molecular flexibility index (Phi) is 3.23. The Morgan fingerprint density at radius 2 is 1.92 bits per heavy atom. The van der Waals surface area contributed by atoms with Crippen LogP contribution < -0.4 is 5.73 Å². The van der Waals surface area contributed by atoms with Crippen molar-refractivity contribution < 1.29 is 4.74 Å². The predicted molar refractivity (Wildman–Crippen MR) is 53.5 cm³/mol. The molecule has 0 amide bonds. The van der Waals surface area contributed by atoms with Gasteiger partial charge in [0, 0.05) is 19.3 Å². The third kappa shape index (κ3) is 2.68. The van der Waals surface area contributed by atoms with E-state index in [1.807, 2.05) is 0 Å². The van der Waals surface area contributed by atoms with E-state index in [2.05, 4.69) is 0 Å². The Bertz CT molecular complexity index is 150. The summed E-state index contributed by atoms with van der Waals surface area (Å²) < 4.78 is 5.35. The van der Waals surface area contributed by atoms with Crippen molar-refractivity contribution in [2.45, 2.75) is 44.6 Å². The highest BCUT2D eigenvalue weighted by Gasteiger charge is 2.23. The second-order valence-electron chi connectivity index (χ2n) is 4.76. The van der Waals surface area contributed by atoms with E-state index in [0.717, 1.165) is 25.0 Å². The number of hydrogen-bond donors (Lipinski definition) is 1.